The van der Waals surface area contributed by atoms with E-state index in [0.717, 1.165) is 16.9 Å². The minimum Gasteiger partial charge on any atom is -0.355 e. The van der Waals surface area contributed by atoms with Crippen LogP contribution >= 0.6 is 23.4 Å². The number of aryl methyl sites for hydroxylation is 1. The van der Waals surface area contributed by atoms with Crippen molar-refractivity contribution in [3.63, 3.8) is 0 Å². The molecule has 2 amide bonds. The van der Waals surface area contributed by atoms with Gasteiger partial charge >= 0.3 is 0 Å². The van der Waals surface area contributed by atoms with Gasteiger partial charge in [-0.05, 0) is 42.7 Å². The van der Waals surface area contributed by atoms with E-state index in [1.807, 2.05) is 55.5 Å². The van der Waals surface area contributed by atoms with Crippen molar-refractivity contribution < 1.29 is 9.59 Å². The molecule has 0 saturated carbocycles. The molecule has 0 heterocycles. The molecular weight excluding hydrogens is 464 g/mol. The lowest BCUT2D eigenvalue weighted by Gasteiger charge is -2.31. The topological polar surface area (TPSA) is 49.4 Å². The molecule has 0 aromatic heterocycles. The molecule has 0 spiro atoms. The van der Waals surface area contributed by atoms with Crippen LogP contribution in [0.3, 0.4) is 0 Å². The molecule has 1 N–H and O–H groups in total. The first-order valence-corrected chi connectivity index (χ1v) is 13.0. The molecule has 4 nitrogen and oxygen atoms in total. The van der Waals surface area contributed by atoms with Gasteiger partial charge in [-0.15, -0.1) is 11.8 Å². The summed E-state index contributed by atoms with van der Waals surface area (Å²) in [5.74, 6) is 0.815. The molecule has 3 aromatic carbocycles. The maximum atomic E-state index is 13.5. The summed E-state index contributed by atoms with van der Waals surface area (Å²) >= 11 is 7.77. The molecule has 0 bridgehead atoms. The number of likely N-dealkylation sites (N-methyl/N-ethyl adjacent to an activating group) is 1. The minimum atomic E-state index is -0.617. The Labute approximate surface area is 211 Å². The van der Waals surface area contributed by atoms with Crippen molar-refractivity contribution >= 4 is 35.2 Å². The average Bonchev–Trinajstić information content (AvgIpc) is 2.83. The Morgan fingerprint density at radius 3 is 2.32 bits per heavy atom. The van der Waals surface area contributed by atoms with E-state index in [1.54, 1.807) is 22.7 Å². The van der Waals surface area contributed by atoms with Crippen LogP contribution in [-0.4, -0.2) is 35.1 Å². The van der Waals surface area contributed by atoms with Crippen molar-refractivity contribution in [3.8, 4) is 0 Å². The maximum Gasteiger partial charge on any atom is 0.243 e. The number of carbonyl (C=O) groups is 2. The summed E-state index contributed by atoms with van der Waals surface area (Å²) in [6.45, 7) is 4.77. The second-order valence-electron chi connectivity index (χ2n) is 8.23. The second-order valence-corrected chi connectivity index (χ2v) is 9.65. The number of rotatable bonds is 11. The fourth-order valence-electron chi connectivity index (χ4n) is 3.70. The number of hydrogen-bond acceptors (Lipinski definition) is 3. The van der Waals surface area contributed by atoms with Gasteiger partial charge in [0.1, 0.15) is 6.04 Å². The molecular formula is C28H31ClN2O2S. The summed E-state index contributed by atoms with van der Waals surface area (Å²) in [5, 5.41) is 3.53. The molecule has 3 aromatic rings. The quantitative estimate of drug-likeness (QED) is 0.374. The van der Waals surface area contributed by atoms with E-state index in [4.69, 9.17) is 11.6 Å². The Morgan fingerprint density at radius 2 is 1.65 bits per heavy atom. The summed E-state index contributed by atoms with van der Waals surface area (Å²) < 4.78 is 0. The molecule has 0 radical (unpaired) electrons. The van der Waals surface area contributed by atoms with Gasteiger partial charge in [-0.25, -0.2) is 0 Å². The Hall–Kier alpha value is -2.76. The van der Waals surface area contributed by atoms with Crippen molar-refractivity contribution in [3.05, 3.63) is 106 Å². The van der Waals surface area contributed by atoms with Crippen molar-refractivity contribution in [1.29, 1.82) is 0 Å². The highest BCUT2D eigenvalue weighted by Crippen LogP contribution is 2.20. The zero-order valence-corrected chi connectivity index (χ0v) is 21.2. The van der Waals surface area contributed by atoms with Crippen molar-refractivity contribution in [2.24, 2.45) is 0 Å². The lowest BCUT2D eigenvalue weighted by atomic mass is 10.0. The van der Waals surface area contributed by atoms with Crippen LogP contribution in [-0.2, 0) is 28.3 Å². The average molecular weight is 495 g/mol. The van der Waals surface area contributed by atoms with E-state index in [1.165, 1.54) is 11.1 Å². The monoisotopic (exact) mass is 494 g/mol. The molecule has 0 fully saturated rings. The summed E-state index contributed by atoms with van der Waals surface area (Å²) in [4.78, 5) is 28.3. The number of carbonyl (C=O) groups excluding carboxylic acids is 2. The normalized spacial score (nSPS) is 11.6. The molecule has 1 atom stereocenters. The van der Waals surface area contributed by atoms with Crippen LogP contribution in [0.1, 0.15) is 29.2 Å². The van der Waals surface area contributed by atoms with E-state index >= 15 is 0 Å². The van der Waals surface area contributed by atoms with Crippen LogP contribution in [0.4, 0.5) is 0 Å². The fourth-order valence-corrected chi connectivity index (χ4v) is 4.78. The number of hydrogen-bond donors (Lipinski definition) is 1. The molecule has 34 heavy (non-hydrogen) atoms. The maximum absolute atomic E-state index is 13.5. The fraction of sp³-hybridized carbons (Fsp3) is 0.286. The van der Waals surface area contributed by atoms with Crippen LogP contribution in [0.2, 0.25) is 5.02 Å². The highest BCUT2D eigenvalue weighted by atomic mass is 35.5. The number of thioether (sulfide) groups is 1. The van der Waals surface area contributed by atoms with Gasteiger partial charge in [0.15, 0.2) is 0 Å². The smallest absolute Gasteiger partial charge is 0.243 e. The first-order valence-electron chi connectivity index (χ1n) is 11.4. The van der Waals surface area contributed by atoms with E-state index in [9.17, 15) is 9.59 Å². The van der Waals surface area contributed by atoms with Crippen LogP contribution < -0.4 is 5.32 Å². The Kier molecular flexibility index (Phi) is 10.0. The van der Waals surface area contributed by atoms with E-state index < -0.39 is 6.04 Å². The summed E-state index contributed by atoms with van der Waals surface area (Å²) in [6.07, 6.45) is 0.446. The standard InChI is InChI=1S/C28H31ClN2O2S/c1-3-30-28(33)26(17-22-8-5-4-6-9-22)31(18-24-10-7-11-25(29)16-24)27(32)20-34-19-23-14-12-21(2)13-15-23/h4-16,26H,3,17-20H2,1-2H3,(H,30,33)/t26-/m1/s1. The molecule has 0 aliphatic carbocycles. The summed E-state index contributed by atoms with van der Waals surface area (Å²) in [7, 11) is 0. The predicted octanol–water partition coefficient (Wildman–Crippen LogP) is 5.66. The van der Waals surface area contributed by atoms with Gasteiger partial charge in [-0.1, -0.05) is 83.9 Å². The Bertz CT molecular complexity index is 1070. The Balaban J connectivity index is 1.81. The molecule has 3 rings (SSSR count). The van der Waals surface area contributed by atoms with Crippen molar-refractivity contribution in [2.45, 2.75) is 38.6 Å². The minimum absolute atomic E-state index is 0.0655. The van der Waals surface area contributed by atoms with Crippen LogP contribution in [0.15, 0.2) is 78.9 Å². The molecule has 0 aliphatic rings. The zero-order chi connectivity index (χ0) is 24.3. The van der Waals surface area contributed by atoms with Crippen molar-refractivity contribution in [1.82, 2.24) is 10.2 Å². The van der Waals surface area contributed by atoms with Gasteiger partial charge < -0.3 is 10.2 Å². The molecule has 178 valence electrons. The van der Waals surface area contributed by atoms with Gasteiger partial charge in [0.05, 0.1) is 5.75 Å². The highest BCUT2D eigenvalue weighted by molar-refractivity contribution is 7.99. The number of nitrogens with zero attached hydrogens (tertiary/aromatic N) is 1. The van der Waals surface area contributed by atoms with Gasteiger partial charge in [0.2, 0.25) is 11.8 Å². The largest absolute Gasteiger partial charge is 0.355 e. The number of amides is 2. The third-order valence-electron chi connectivity index (χ3n) is 5.48. The third kappa shape index (κ3) is 7.93. The van der Waals surface area contributed by atoms with Gasteiger partial charge in [0, 0.05) is 30.3 Å². The first-order chi connectivity index (χ1) is 16.5. The van der Waals surface area contributed by atoms with E-state index in [0.29, 0.717) is 30.3 Å². The van der Waals surface area contributed by atoms with Gasteiger partial charge in [0.25, 0.3) is 0 Å². The molecule has 0 aliphatic heterocycles. The van der Waals surface area contributed by atoms with Crippen LogP contribution in [0.25, 0.3) is 0 Å². The second kappa shape index (κ2) is 13.2. The van der Waals surface area contributed by atoms with Gasteiger partial charge in [-0.3, -0.25) is 9.59 Å². The molecule has 0 unspecified atom stereocenters. The van der Waals surface area contributed by atoms with Crippen LogP contribution in [0.5, 0.6) is 0 Å². The molecule has 0 saturated heterocycles. The van der Waals surface area contributed by atoms with Crippen LogP contribution in [0, 0.1) is 6.92 Å². The summed E-state index contributed by atoms with van der Waals surface area (Å²) in [6, 6.07) is 25.0. The Morgan fingerprint density at radius 1 is 0.941 bits per heavy atom. The third-order valence-corrected chi connectivity index (χ3v) is 6.70. The lowest BCUT2D eigenvalue weighted by molar-refractivity contribution is -0.139. The van der Waals surface area contributed by atoms with E-state index in [-0.39, 0.29) is 11.8 Å². The lowest BCUT2D eigenvalue weighted by Crippen LogP contribution is -2.51. The van der Waals surface area contributed by atoms with E-state index in [2.05, 4.69) is 36.5 Å². The SMILES string of the molecule is CCNC(=O)[C@@H](Cc1ccccc1)N(Cc1cccc(Cl)c1)C(=O)CSCc1ccc(C)cc1. The summed E-state index contributed by atoms with van der Waals surface area (Å²) in [5.41, 5.74) is 4.29. The van der Waals surface area contributed by atoms with Crippen molar-refractivity contribution in [2.75, 3.05) is 12.3 Å². The number of benzene rings is 3. The number of nitrogens with one attached hydrogen (secondary N) is 1. The van der Waals surface area contributed by atoms with Gasteiger partial charge in [-0.2, -0.15) is 0 Å². The predicted molar refractivity (Wildman–Crippen MR) is 142 cm³/mol. The molecule has 6 heteroatoms. The number of halogens is 1. The first kappa shape index (κ1) is 25.9. The zero-order valence-electron chi connectivity index (χ0n) is 19.7. The highest BCUT2D eigenvalue weighted by Gasteiger charge is 2.30.